The van der Waals surface area contributed by atoms with Gasteiger partial charge in [0.05, 0.1) is 0 Å². The molecule has 1 atom stereocenters. The topological polar surface area (TPSA) is 70.7 Å². The lowest BCUT2D eigenvalue weighted by molar-refractivity contribution is -0.117. The first-order valence-electron chi connectivity index (χ1n) is 8.75. The number of H-pyrrole nitrogens is 1. The van der Waals surface area contributed by atoms with Gasteiger partial charge in [-0.1, -0.05) is 18.7 Å². The van der Waals surface area contributed by atoms with E-state index in [1.807, 2.05) is 24.7 Å². The van der Waals surface area contributed by atoms with Gasteiger partial charge in [0.25, 0.3) is 0 Å². The predicted molar refractivity (Wildman–Crippen MR) is 103 cm³/mol. The van der Waals surface area contributed by atoms with E-state index in [2.05, 4.69) is 45.1 Å². The van der Waals surface area contributed by atoms with Gasteiger partial charge in [-0.15, -0.1) is 0 Å². The van der Waals surface area contributed by atoms with Crippen LogP contribution in [0, 0.1) is 0 Å². The number of nitrogens with zero attached hydrogens (tertiary/aromatic N) is 2. The van der Waals surface area contributed by atoms with Gasteiger partial charge >= 0.3 is 0 Å². The molecular weight excluding hydrogens is 324 g/mol. The Labute approximate surface area is 151 Å². The zero-order valence-electron chi connectivity index (χ0n) is 14.4. The van der Waals surface area contributed by atoms with Gasteiger partial charge in [0.1, 0.15) is 5.65 Å². The van der Waals surface area contributed by atoms with Crippen LogP contribution < -0.4 is 5.32 Å². The molecular formula is C21H20N4O. The second-order valence-corrected chi connectivity index (χ2v) is 6.45. The fraction of sp³-hybridized carbons (Fsp3) is 0.190. The first-order chi connectivity index (χ1) is 12.8. The summed E-state index contributed by atoms with van der Waals surface area (Å²) in [6.07, 6.45) is 13.7. The maximum absolute atomic E-state index is 11.7. The Hall–Kier alpha value is -3.21. The van der Waals surface area contributed by atoms with Crippen molar-refractivity contribution in [1.82, 2.24) is 20.3 Å². The normalized spacial score (nSPS) is 16.9. The molecule has 0 aliphatic heterocycles. The lowest BCUT2D eigenvalue weighted by Gasteiger charge is -2.24. The van der Waals surface area contributed by atoms with Crippen molar-refractivity contribution in [2.75, 3.05) is 0 Å². The van der Waals surface area contributed by atoms with Crippen LogP contribution in [0.3, 0.4) is 0 Å². The largest absolute Gasteiger partial charge is 0.349 e. The molecule has 26 heavy (non-hydrogen) atoms. The highest BCUT2D eigenvalue weighted by atomic mass is 16.1. The van der Waals surface area contributed by atoms with Crippen LogP contribution in [-0.4, -0.2) is 26.9 Å². The highest BCUT2D eigenvalue weighted by Crippen LogP contribution is 2.36. The number of rotatable bonds is 4. The summed E-state index contributed by atoms with van der Waals surface area (Å²) in [5.74, 6) is -0.117. The zero-order valence-corrected chi connectivity index (χ0v) is 14.4. The summed E-state index contributed by atoms with van der Waals surface area (Å²) in [7, 11) is 0. The van der Waals surface area contributed by atoms with E-state index >= 15 is 0 Å². The van der Waals surface area contributed by atoms with Crippen molar-refractivity contribution in [3.05, 3.63) is 67.3 Å². The number of fused-ring (bicyclic) bond motifs is 1. The molecule has 1 aliphatic carbocycles. The third-order valence-corrected chi connectivity index (χ3v) is 4.80. The highest BCUT2D eigenvalue weighted by Gasteiger charge is 2.21. The number of hydrogen-bond acceptors (Lipinski definition) is 3. The number of aromatic amines is 1. The fourth-order valence-electron chi connectivity index (χ4n) is 3.59. The van der Waals surface area contributed by atoms with Crippen LogP contribution in [-0.2, 0) is 4.79 Å². The molecule has 2 N–H and O–H groups in total. The molecule has 0 fully saturated rings. The maximum atomic E-state index is 11.7. The van der Waals surface area contributed by atoms with E-state index in [9.17, 15) is 4.79 Å². The minimum atomic E-state index is -0.117. The van der Waals surface area contributed by atoms with Gasteiger partial charge in [0.2, 0.25) is 5.91 Å². The molecule has 1 aliphatic rings. The number of amides is 1. The van der Waals surface area contributed by atoms with Gasteiger partial charge in [-0.25, -0.2) is 4.98 Å². The summed E-state index contributed by atoms with van der Waals surface area (Å²) in [5, 5.41) is 4.12. The molecule has 0 radical (unpaired) electrons. The SMILES string of the molecule is C=CC(=O)NC1CCC=C(c2ccnc3[nH]cc(-c4cccnc4)c23)C1. The van der Waals surface area contributed by atoms with Crippen LogP contribution >= 0.6 is 0 Å². The van der Waals surface area contributed by atoms with Gasteiger partial charge < -0.3 is 10.3 Å². The lowest BCUT2D eigenvalue weighted by atomic mass is 9.88. The Morgan fingerprint density at radius 1 is 1.31 bits per heavy atom. The molecule has 130 valence electrons. The predicted octanol–water partition coefficient (Wildman–Crippen LogP) is 3.86. The summed E-state index contributed by atoms with van der Waals surface area (Å²) >= 11 is 0. The van der Waals surface area contributed by atoms with Crippen molar-refractivity contribution < 1.29 is 4.79 Å². The van der Waals surface area contributed by atoms with E-state index in [0.29, 0.717) is 0 Å². The van der Waals surface area contributed by atoms with Crippen LogP contribution in [0.2, 0.25) is 0 Å². The van der Waals surface area contributed by atoms with Crippen molar-refractivity contribution in [2.45, 2.75) is 25.3 Å². The molecule has 5 heteroatoms. The van der Waals surface area contributed by atoms with Crippen LogP contribution in [0.5, 0.6) is 0 Å². The molecule has 4 rings (SSSR count). The third kappa shape index (κ3) is 3.04. The molecule has 0 aromatic carbocycles. The quantitative estimate of drug-likeness (QED) is 0.706. The van der Waals surface area contributed by atoms with Crippen LogP contribution in [0.4, 0.5) is 0 Å². The second kappa shape index (κ2) is 6.96. The van der Waals surface area contributed by atoms with E-state index in [-0.39, 0.29) is 11.9 Å². The van der Waals surface area contributed by atoms with E-state index < -0.39 is 0 Å². The average molecular weight is 344 g/mol. The highest BCUT2D eigenvalue weighted by molar-refractivity contribution is 6.01. The monoisotopic (exact) mass is 344 g/mol. The smallest absolute Gasteiger partial charge is 0.243 e. The molecule has 0 saturated heterocycles. The minimum Gasteiger partial charge on any atom is -0.349 e. The third-order valence-electron chi connectivity index (χ3n) is 4.80. The molecule has 1 unspecified atom stereocenters. The number of hydrogen-bond donors (Lipinski definition) is 2. The molecule has 3 aromatic heterocycles. The van der Waals surface area contributed by atoms with E-state index in [1.54, 1.807) is 6.20 Å². The molecule has 0 spiro atoms. The van der Waals surface area contributed by atoms with Gasteiger partial charge in [0, 0.05) is 47.3 Å². The van der Waals surface area contributed by atoms with Gasteiger partial charge in [-0.05, 0) is 48.6 Å². The van der Waals surface area contributed by atoms with Crippen molar-refractivity contribution in [3.63, 3.8) is 0 Å². The zero-order chi connectivity index (χ0) is 17.9. The fourth-order valence-corrected chi connectivity index (χ4v) is 3.59. The van der Waals surface area contributed by atoms with Crippen molar-refractivity contribution >= 4 is 22.5 Å². The maximum Gasteiger partial charge on any atom is 0.243 e. The molecule has 0 saturated carbocycles. The number of pyridine rings is 2. The number of allylic oxidation sites excluding steroid dienone is 1. The van der Waals surface area contributed by atoms with Crippen molar-refractivity contribution in [1.29, 1.82) is 0 Å². The first kappa shape index (κ1) is 16.3. The molecule has 1 amide bonds. The molecule has 3 heterocycles. The summed E-state index contributed by atoms with van der Waals surface area (Å²) in [4.78, 5) is 23.6. The summed E-state index contributed by atoms with van der Waals surface area (Å²) in [6.45, 7) is 3.54. The Morgan fingerprint density at radius 2 is 2.23 bits per heavy atom. The summed E-state index contributed by atoms with van der Waals surface area (Å²) in [6, 6.07) is 6.17. The molecule has 0 bridgehead atoms. The van der Waals surface area contributed by atoms with E-state index in [0.717, 1.165) is 47.0 Å². The van der Waals surface area contributed by atoms with Crippen LogP contribution in [0.15, 0.2) is 61.7 Å². The molecule has 5 nitrogen and oxygen atoms in total. The van der Waals surface area contributed by atoms with Gasteiger partial charge in [-0.2, -0.15) is 0 Å². The van der Waals surface area contributed by atoms with Crippen LogP contribution in [0.1, 0.15) is 24.8 Å². The van der Waals surface area contributed by atoms with Crippen LogP contribution in [0.25, 0.3) is 27.7 Å². The number of carbonyl (C=O) groups is 1. The van der Waals surface area contributed by atoms with E-state index in [4.69, 9.17) is 0 Å². The first-order valence-corrected chi connectivity index (χ1v) is 8.75. The molecule has 3 aromatic rings. The number of carbonyl (C=O) groups excluding carboxylic acids is 1. The van der Waals surface area contributed by atoms with Crippen molar-refractivity contribution in [2.24, 2.45) is 0 Å². The second-order valence-electron chi connectivity index (χ2n) is 6.45. The number of aromatic nitrogens is 3. The van der Waals surface area contributed by atoms with Gasteiger partial charge in [0.15, 0.2) is 0 Å². The Kier molecular flexibility index (Phi) is 4.35. The lowest BCUT2D eigenvalue weighted by Crippen LogP contribution is -2.34. The summed E-state index contributed by atoms with van der Waals surface area (Å²) < 4.78 is 0. The average Bonchev–Trinajstić information content (AvgIpc) is 3.13. The Balaban J connectivity index is 1.75. The summed E-state index contributed by atoms with van der Waals surface area (Å²) in [5.41, 5.74) is 5.41. The number of nitrogens with one attached hydrogen (secondary N) is 2. The standard InChI is InChI=1S/C21H20N4O/c1-2-19(26)25-16-7-3-5-14(11-16)17-8-10-23-21-20(17)18(13-24-21)15-6-4-9-22-12-15/h2,4-6,8-10,12-13,16H,1,3,7,11H2,(H,23,24)(H,25,26). The Morgan fingerprint density at radius 3 is 3.04 bits per heavy atom. The minimum absolute atomic E-state index is 0.117. The van der Waals surface area contributed by atoms with Crippen molar-refractivity contribution in [3.8, 4) is 11.1 Å². The van der Waals surface area contributed by atoms with E-state index in [1.165, 1.54) is 11.6 Å². The van der Waals surface area contributed by atoms with Gasteiger partial charge in [-0.3, -0.25) is 9.78 Å². The Bertz CT molecular complexity index is 988.